The smallest absolute Gasteiger partial charge is 0.343 e. The molecular weight excluding hydrogens is 370 g/mol. The fourth-order valence-corrected chi connectivity index (χ4v) is 2.39. The summed E-state index contributed by atoms with van der Waals surface area (Å²) in [7, 11) is 0. The Morgan fingerprint density at radius 2 is 1.78 bits per heavy atom. The minimum atomic E-state index is -1.81. The SMILES string of the molecule is CCOC(=O)C(C=NC(C)CO)=C(O)c1c(F)c(F)c(C2CC2)c(F)c1F. The molecule has 9 heteroatoms. The van der Waals surface area contributed by atoms with E-state index in [9.17, 15) is 27.5 Å². The van der Waals surface area contributed by atoms with Crippen LogP contribution in [0.2, 0.25) is 0 Å². The summed E-state index contributed by atoms with van der Waals surface area (Å²) in [6.45, 7) is 2.37. The highest BCUT2D eigenvalue weighted by atomic mass is 19.2. The van der Waals surface area contributed by atoms with Crippen molar-refractivity contribution < 1.29 is 37.3 Å². The highest BCUT2D eigenvalue weighted by Gasteiger charge is 2.37. The van der Waals surface area contributed by atoms with E-state index in [0.717, 1.165) is 6.21 Å². The summed E-state index contributed by atoms with van der Waals surface area (Å²) in [5.41, 5.74) is -2.92. The molecule has 0 saturated heterocycles. The Bertz CT molecular complexity index is 774. The molecule has 27 heavy (non-hydrogen) atoms. The van der Waals surface area contributed by atoms with E-state index in [-0.39, 0.29) is 6.61 Å². The van der Waals surface area contributed by atoms with Gasteiger partial charge in [-0.2, -0.15) is 0 Å². The van der Waals surface area contributed by atoms with Crippen LogP contribution in [0, 0.1) is 23.3 Å². The van der Waals surface area contributed by atoms with Crippen molar-refractivity contribution in [3.8, 4) is 0 Å². The first-order valence-corrected chi connectivity index (χ1v) is 8.35. The second kappa shape index (κ2) is 8.51. The van der Waals surface area contributed by atoms with Gasteiger partial charge in [-0.3, -0.25) is 4.99 Å². The third kappa shape index (κ3) is 4.29. The van der Waals surface area contributed by atoms with Gasteiger partial charge in [0, 0.05) is 11.8 Å². The molecule has 0 radical (unpaired) electrons. The molecule has 5 nitrogen and oxygen atoms in total. The molecule has 0 aliphatic heterocycles. The van der Waals surface area contributed by atoms with E-state index in [2.05, 4.69) is 9.73 Å². The van der Waals surface area contributed by atoms with Gasteiger partial charge in [0.25, 0.3) is 0 Å². The van der Waals surface area contributed by atoms with Gasteiger partial charge < -0.3 is 14.9 Å². The number of ether oxygens (including phenoxy) is 1. The molecule has 0 spiro atoms. The molecule has 1 aromatic carbocycles. The zero-order chi connectivity index (χ0) is 20.3. The Morgan fingerprint density at radius 3 is 2.22 bits per heavy atom. The first kappa shape index (κ1) is 20.9. The van der Waals surface area contributed by atoms with E-state index in [4.69, 9.17) is 5.11 Å². The van der Waals surface area contributed by atoms with Crippen LogP contribution in [-0.2, 0) is 9.53 Å². The molecule has 1 unspecified atom stereocenters. The molecule has 1 saturated carbocycles. The lowest BCUT2D eigenvalue weighted by atomic mass is 10.0. The second-order valence-electron chi connectivity index (χ2n) is 6.11. The molecule has 2 N–H and O–H groups in total. The minimum absolute atomic E-state index is 0.132. The van der Waals surface area contributed by atoms with Gasteiger partial charge in [0.1, 0.15) is 11.3 Å². The quantitative estimate of drug-likeness (QED) is 0.187. The van der Waals surface area contributed by atoms with Gasteiger partial charge in [-0.1, -0.05) is 0 Å². The van der Waals surface area contributed by atoms with Crippen molar-refractivity contribution in [2.45, 2.75) is 38.6 Å². The van der Waals surface area contributed by atoms with E-state index < -0.39 is 70.3 Å². The van der Waals surface area contributed by atoms with Gasteiger partial charge in [-0.25, -0.2) is 22.4 Å². The lowest BCUT2D eigenvalue weighted by Gasteiger charge is -2.13. The van der Waals surface area contributed by atoms with Gasteiger partial charge in [-0.05, 0) is 32.6 Å². The lowest BCUT2D eigenvalue weighted by Crippen LogP contribution is -2.15. The van der Waals surface area contributed by atoms with Crippen LogP contribution in [0.1, 0.15) is 43.7 Å². The Kier molecular flexibility index (Phi) is 6.59. The number of benzene rings is 1. The number of carbonyl (C=O) groups excluding carboxylic acids is 1. The normalized spacial score (nSPS) is 16.4. The van der Waals surface area contributed by atoms with Crippen LogP contribution >= 0.6 is 0 Å². The lowest BCUT2D eigenvalue weighted by molar-refractivity contribution is -0.137. The third-order valence-electron chi connectivity index (χ3n) is 3.99. The summed E-state index contributed by atoms with van der Waals surface area (Å²) in [5.74, 6) is -10.0. The third-order valence-corrected chi connectivity index (χ3v) is 3.99. The Labute approximate surface area is 153 Å². The first-order valence-electron chi connectivity index (χ1n) is 8.35. The van der Waals surface area contributed by atoms with E-state index in [0.29, 0.717) is 12.8 Å². The number of hydrogen-bond acceptors (Lipinski definition) is 5. The fraction of sp³-hybridized carbons (Fsp3) is 0.444. The predicted molar refractivity (Wildman–Crippen MR) is 89.5 cm³/mol. The van der Waals surface area contributed by atoms with Crippen molar-refractivity contribution in [2.75, 3.05) is 13.2 Å². The Hall–Kier alpha value is -2.42. The van der Waals surface area contributed by atoms with Crippen molar-refractivity contribution in [1.82, 2.24) is 0 Å². The van der Waals surface area contributed by atoms with Crippen molar-refractivity contribution >= 4 is 17.9 Å². The molecule has 1 aromatic rings. The van der Waals surface area contributed by atoms with Gasteiger partial charge in [0.05, 0.1) is 24.8 Å². The molecule has 1 aliphatic rings. The van der Waals surface area contributed by atoms with E-state index >= 15 is 0 Å². The monoisotopic (exact) mass is 389 g/mol. The van der Waals surface area contributed by atoms with E-state index in [1.54, 1.807) is 0 Å². The van der Waals surface area contributed by atoms with Gasteiger partial charge >= 0.3 is 5.97 Å². The average molecular weight is 389 g/mol. The van der Waals surface area contributed by atoms with Crippen molar-refractivity contribution in [2.24, 2.45) is 4.99 Å². The predicted octanol–water partition coefficient (Wildman–Crippen LogP) is 3.40. The molecule has 2 rings (SSSR count). The molecular formula is C18H19F4NO4. The Balaban J connectivity index is 2.66. The van der Waals surface area contributed by atoms with Crippen LogP contribution in [0.4, 0.5) is 17.6 Å². The van der Waals surface area contributed by atoms with Crippen molar-refractivity contribution in [3.63, 3.8) is 0 Å². The molecule has 1 aliphatic carbocycles. The summed E-state index contributed by atoms with van der Waals surface area (Å²) in [6.07, 6.45) is 1.53. The van der Waals surface area contributed by atoms with E-state index in [1.807, 2.05) is 0 Å². The first-order chi connectivity index (χ1) is 12.7. The highest BCUT2D eigenvalue weighted by molar-refractivity contribution is 6.15. The second-order valence-corrected chi connectivity index (χ2v) is 6.11. The summed E-state index contributed by atoms with van der Waals surface area (Å²) < 4.78 is 62.0. The van der Waals surface area contributed by atoms with Gasteiger partial charge in [0.15, 0.2) is 23.3 Å². The van der Waals surface area contributed by atoms with Crippen LogP contribution in [0.25, 0.3) is 5.76 Å². The molecule has 1 atom stereocenters. The number of hydrogen-bond donors (Lipinski definition) is 2. The molecule has 0 amide bonds. The maximum absolute atomic E-state index is 14.4. The molecule has 148 valence electrons. The largest absolute Gasteiger partial charge is 0.506 e. The molecule has 0 bridgehead atoms. The Morgan fingerprint density at radius 1 is 1.22 bits per heavy atom. The van der Waals surface area contributed by atoms with Crippen LogP contribution in [0.5, 0.6) is 0 Å². The van der Waals surface area contributed by atoms with Crippen LogP contribution in [-0.4, -0.2) is 41.7 Å². The highest BCUT2D eigenvalue weighted by Crippen LogP contribution is 2.44. The number of esters is 1. The van der Waals surface area contributed by atoms with Crippen LogP contribution in [0.15, 0.2) is 10.6 Å². The van der Waals surface area contributed by atoms with Crippen LogP contribution in [0.3, 0.4) is 0 Å². The van der Waals surface area contributed by atoms with Gasteiger partial charge in [0.2, 0.25) is 0 Å². The molecule has 0 aromatic heterocycles. The van der Waals surface area contributed by atoms with Gasteiger partial charge in [-0.15, -0.1) is 0 Å². The summed E-state index contributed by atoms with van der Waals surface area (Å²) in [4.78, 5) is 15.7. The molecule has 0 heterocycles. The maximum atomic E-state index is 14.4. The molecule has 1 fully saturated rings. The van der Waals surface area contributed by atoms with Crippen molar-refractivity contribution in [3.05, 3.63) is 40.0 Å². The van der Waals surface area contributed by atoms with Crippen molar-refractivity contribution in [1.29, 1.82) is 0 Å². The number of aliphatic hydroxyl groups is 2. The zero-order valence-corrected chi connectivity index (χ0v) is 14.7. The van der Waals surface area contributed by atoms with Crippen LogP contribution < -0.4 is 0 Å². The number of rotatable bonds is 7. The van der Waals surface area contributed by atoms with E-state index in [1.165, 1.54) is 13.8 Å². The average Bonchev–Trinajstić information content (AvgIpc) is 3.45. The number of aliphatic hydroxyl groups excluding tert-OH is 2. The zero-order valence-electron chi connectivity index (χ0n) is 14.7. The number of carbonyl (C=O) groups is 1. The maximum Gasteiger partial charge on any atom is 0.343 e. The minimum Gasteiger partial charge on any atom is -0.506 e. The fourth-order valence-electron chi connectivity index (χ4n) is 2.39. The standard InChI is InChI=1S/C18H19F4NO4/c1-3-27-18(26)10(6-23-8(2)7-24)17(25)12-15(21)13(19)11(9-4-5-9)14(20)16(12)22/h6,8-9,24-25H,3-5,7H2,1-2H3. The summed E-state index contributed by atoms with van der Waals surface area (Å²) in [5, 5.41) is 19.2. The summed E-state index contributed by atoms with van der Waals surface area (Å²) >= 11 is 0. The topological polar surface area (TPSA) is 79.1 Å². The number of aliphatic imine (C=N–C) groups is 1. The summed E-state index contributed by atoms with van der Waals surface area (Å²) in [6, 6.07) is -0.706. The number of nitrogens with zero attached hydrogens (tertiary/aromatic N) is 1. The number of halogens is 4.